The minimum Gasteiger partial charge on any atom is -0.368 e. The first-order valence-corrected chi connectivity index (χ1v) is 6.50. The van der Waals surface area contributed by atoms with E-state index in [0.717, 1.165) is 24.9 Å². The summed E-state index contributed by atoms with van der Waals surface area (Å²) >= 11 is 5.82. The topological polar surface area (TPSA) is 67.9 Å². The number of nitrogens with zero attached hydrogens (tertiary/aromatic N) is 4. The zero-order chi connectivity index (χ0) is 11.8. The Kier molecular flexibility index (Phi) is 2.78. The number of piperidine rings is 1. The van der Waals surface area contributed by atoms with Crippen LogP contribution >= 0.6 is 11.6 Å². The summed E-state index contributed by atoms with van der Waals surface area (Å²) in [6.45, 7) is 2.05. The van der Waals surface area contributed by atoms with Crippen LogP contribution in [0.3, 0.4) is 0 Å². The van der Waals surface area contributed by atoms with Gasteiger partial charge in [-0.05, 0) is 42.7 Å². The summed E-state index contributed by atoms with van der Waals surface area (Å²) in [7, 11) is 0. The second-order valence-electron chi connectivity index (χ2n) is 5.07. The van der Waals surface area contributed by atoms with E-state index in [1.807, 2.05) is 0 Å². The quantitative estimate of drug-likeness (QED) is 0.826. The third-order valence-electron chi connectivity index (χ3n) is 3.75. The van der Waals surface area contributed by atoms with Gasteiger partial charge >= 0.3 is 0 Å². The van der Waals surface area contributed by atoms with Crippen LogP contribution in [0.2, 0.25) is 5.28 Å². The van der Waals surface area contributed by atoms with Crippen LogP contribution in [-0.4, -0.2) is 28.0 Å². The van der Waals surface area contributed by atoms with Crippen molar-refractivity contribution in [3.05, 3.63) is 5.28 Å². The molecule has 6 heteroatoms. The summed E-state index contributed by atoms with van der Waals surface area (Å²) in [6, 6.07) is 0. The lowest BCUT2D eigenvalue weighted by atomic mass is 9.78. The molecule has 2 unspecified atom stereocenters. The van der Waals surface area contributed by atoms with Gasteiger partial charge in [-0.15, -0.1) is 0 Å². The molecule has 2 aliphatic rings. The summed E-state index contributed by atoms with van der Waals surface area (Å²) in [5.41, 5.74) is 5.61. The normalized spacial score (nSPS) is 28.2. The molecule has 1 saturated carbocycles. The third kappa shape index (κ3) is 2.29. The van der Waals surface area contributed by atoms with Crippen LogP contribution in [0.4, 0.5) is 11.9 Å². The maximum Gasteiger partial charge on any atom is 0.231 e. The molecule has 2 bridgehead atoms. The molecule has 2 atom stereocenters. The van der Waals surface area contributed by atoms with Gasteiger partial charge in [-0.1, -0.05) is 6.42 Å². The van der Waals surface area contributed by atoms with E-state index in [2.05, 4.69) is 19.9 Å². The van der Waals surface area contributed by atoms with Crippen LogP contribution < -0.4 is 10.6 Å². The van der Waals surface area contributed by atoms with E-state index in [0.29, 0.717) is 5.95 Å². The van der Waals surface area contributed by atoms with Gasteiger partial charge in [0, 0.05) is 13.1 Å². The van der Waals surface area contributed by atoms with Crippen molar-refractivity contribution in [2.24, 2.45) is 11.8 Å². The van der Waals surface area contributed by atoms with Gasteiger partial charge in [-0.25, -0.2) is 0 Å². The SMILES string of the molecule is Nc1nc(Cl)nc(N2CC3CCCC(C3)C2)n1. The Morgan fingerprint density at radius 3 is 2.47 bits per heavy atom. The van der Waals surface area contributed by atoms with Crippen molar-refractivity contribution in [1.29, 1.82) is 0 Å². The van der Waals surface area contributed by atoms with Crippen LogP contribution in [-0.2, 0) is 0 Å². The van der Waals surface area contributed by atoms with Crippen molar-refractivity contribution < 1.29 is 0 Å². The lowest BCUT2D eigenvalue weighted by molar-refractivity contribution is 0.229. The van der Waals surface area contributed by atoms with Crippen LogP contribution in [0.15, 0.2) is 0 Å². The maximum absolute atomic E-state index is 5.82. The Bertz CT molecular complexity index is 392. The lowest BCUT2D eigenvalue weighted by Gasteiger charge is -2.41. The predicted molar refractivity (Wildman–Crippen MR) is 66.9 cm³/mol. The van der Waals surface area contributed by atoms with E-state index in [-0.39, 0.29) is 11.2 Å². The number of hydrogen-bond donors (Lipinski definition) is 1. The van der Waals surface area contributed by atoms with Crippen molar-refractivity contribution in [2.45, 2.75) is 25.7 Å². The fourth-order valence-corrected chi connectivity index (χ4v) is 3.25. The van der Waals surface area contributed by atoms with Crippen molar-refractivity contribution in [1.82, 2.24) is 15.0 Å². The highest BCUT2D eigenvalue weighted by Gasteiger charge is 2.31. The van der Waals surface area contributed by atoms with Crippen molar-refractivity contribution >= 4 is 23.5 Å². The molecular formula is C11H16ClN5. The van der Waals surface area contributed by atoms with Gasteiger partial charge in [0.25, 0.3) is 0 Å². The zero-order valence-corrected chi connectivity index (χ0v) is 10.4. The third-order valence-corrected chi connectivity index (χ3v) is 3.91. The average molecular weight is 254 g/mol. The van der Waals surface area contributed by atoms with E-state index < -0.39 is 0 Å². The van der Waals surface area contributed by atoms with Crippen molar-refractivity contribution in [3.8, 4) is 0 Å². The van der Waals surface area contributed by atoms with Crippen LogP contribution in [0.5, 0.6) is 0 Å². The van der Waals surface area contributed by atoms with E-state index >= 15 is 0 Å². The number of aromatic nitrogens is 3. The van der Waals surface area contributed by atoms with Crippen molar-refractivity contribution in [3.63, 3.8) is 0 Å². The minimum absolute atomic E-state index is 0.184. The first kappa shape index (κ1) is 11.0. The fourth-order valence-electron chi connectivity index (χ4n) is 3.09. The molecule has 0 aromatic carbocycles. The van der Waals surface area contributed by atoms with E-state index in [9.17, 15) is 0 Å². The highest BCUT2D eigenvalue weighted by molar-refractivity contribution is 6.28. The van der Waals surface area contributed by atoms with Crippen molar-refractivity contribution in [2.75, 3.05) is 23.7 Å². The average Bonchev–Trinajstić information content (AvgIpc) is 2.27. The number of hydrogen-bond acceptors (Lipinski definition) is 5. The summed E-state index contributed by atoms with van der Waals surface area (Å²) in [5.74, 6) is 2.40. The molecule has 1 aliphatic heterocycles. The van der Waals surface area contributed by atoms with Gasteiger partial charge in [0.05, 0.1) is 0 Å². The molecular weight excluding hydrogens is 238 g/mol. The molecule has 2 N–H and O–H groups in total. The largest absolute Gasteiger partial charge is 0.368 e. The molecule has 5 nitrogen and oxygen atoms in total. The maximum atomic E-state index is 5.82. The molecule has 1 aromatic heterocycles. The molecule has 17 heavy (non-hydrogen) atoms. The van der Waals surface area contributed by atoms with Gasteiger partial charge < -0.3 is 10.6 Å². The Balaban J connectivity index is 1.83. The lowest BCUT2D eigenvalue weighted by Crippen LogP contribution is -2.43. The Hall–Kier alpha value is -1.10. The molecule has 2 heterocycles. The Morgan fingerprint density at radius 2 is 1.82 bits per heavy atom. The summed E-state index contributed by atoms with van der Waals surface area (Å²) < 4.78 is 0. The van der Waals surface area contributed by atoms with E-state index in [1.54, 1.807) is 0 Å². The second kappa shape index (κ2) is 4.29. The molecule has 2 fully saturated rings. The number of halogens is 1. The summed E-state index contributed by atoms with van der Waals surface area (Å²) in [6.07, 6.45) is 5.36. The smallest absolute Gasteiger partial charge is 0.231 e. The summed E-state index contributed by atoms with van der Waals surface area (Å²) in [5, 5.41) is 0.184. The molecule has 1 aliphatic carbocycles. The molecule has 1 saturated heterocycles. The molecule has 0 amide bonds. The van der Waals surface area contributed by atoms with Gasteiger partial charge in [-0.2, -0.15) is 15.0 Å². The molecule has 0 radical (unpaired) electrons. The molecule has 92 valence electrons. The highest BCUT2D eigenvalue weighted by Crippen LogP contribution is 2.35. The monoisotopic (exact) mass is 253 g/mol. The van der Waals surface area contributed by atoms with Gasteiger partial charge in [0.15, 0.2) is 0 Å². The van der Waals surface area contributed by atoms with Gasteiger partial charge in [-0.3, -0.25) is 0 Å². The number of nitrogens with two attached hydrogens (primary N) is 1. The van der Waals surface area contributed by atoms with Crippen LogP contribution in [0, 0.1) is 11.8 Å². The molecule has 0 spiro atoms. The minimum atomic E-state index is 0.184. The second-order valence-corrected chi connectivity index (χ2v) is 5.40. The molecule has 3 rings (SSSR count). The van der Waals surface area contributed by atoms with E-state index in [1.165, 1.54) is 25.7 Å². The first-order chi connectivity index (χ1) is 8.20. The first-order valence-electron chi connectivity index (χ1n) is 6.12. The van der Waals surface area contributed by atoms with Gasteiger partial charge in [0.2, 0.25) is 17.2 Å². The van der Waals surface area contributed by atoms with E-state index in [4.69, 9.17) is 17.3 Å². The Labute approximate surface area is 105 Å². The Morgan fingerprint density at radius 1 is 1.12 bits per heavy atom. The summed E-state index contributed by atoms with van der Waals surface area (Å²) in [4.78, 5) is 14.4. The van der Waals surface area contributed by atoms with Crippen LogP contribution in [0.1, 0.15) is 25.7 Å². The molecule has 1 aromatic rings. The number of rotatable bonds is 1. The standard InChI is InChI=1S/C11H16ClN5/c12-9-14-10(13)16-11(15-9)17-5-7-2-1-3-8(4-7)6-17/h7-8H,1-6H2,(H2,13,14,15,16). The fraction of sp³-hybridized carbons (Fsp3) is 0.727. The zero-order valence-electron chi connectivity index (χ0n) is 9.64. The number of anilines is 2. The highest BCUT2D eigenvalue weighted by atomic mass is 35.5. The van der Waals surface area contributed by atoms with Crippen LogP contribution in [0.25, 0.3) is 0 Å². The van der Waals surface area contributed by atoms with Gasteiger partial charge in [0.1, 0.15) is 0 Å². The number of nitrogen functional groups attached to an aromatic ring is 1. The number of fused-ring (bicyclic) bond motifs is 2. The predicted octanol–water partition coefficient (Wildman–Crippen LogP) is 1.73.